The molecular formula is C17H23N2Si. The van der Waals surface area contributed by atoms with Crippen LogP contribution < -0.4 is 9.96 Å². The van der Waals surface area contributed by atoms with Crippen molar-refractivity contribution < 1.29 is 0 Å². The minimum Gasteiger partial charge on any atom is -0.394 e. The van der Waals surface area contributed by atoms with E-state index in [4.69, 9.17) is 0 Å². The molecule has 0 aliphatic carbocycles. The summed E-state index contributed by atoms with van der Waals surface area (Å²) in [6.07, 6.45) is 2.15. The Kier molecular flexibility index (Phi) is 5.24. The van der Waals surface area contributed by atoms with Crippen molar-refractivity contribution in [2.24, 2.45) is 0 Å². The molecule has 2 aromatic rings. The zero-order chi connectivity index (χ0) is 14.4. The topological polar surface area (TPSA) is 24.1 Å². The number of hydrogen-bond donors (Lipinski definition) is 2. The summed E-state index contributed by atoms with van der Waals surface area (Å²) in [5.41, 5.74) is 5.16. The minimum atomic E-state index is -0.843. The first-order chi connectivity index (χ1) is 9.71. The number of benzene rings is 2. The van der Waals surface area contributed by atoms with Gasteiger partial charge in [0, 0.05) is 11.4 Å². The fraction of sp³-hybridized carbons (Fsp3) is 0.294. The van der Waals surface area contributed by atoms with Crippen LogP contribution in [-0.2, 0) is 12.8 Å². The standard InChI is InChI=1S/C17H23N2Si/c1-4-14-8-6-10-16(12-14)18-20(3)19-17-11-7-9-15(5-2)13-17/h6-13,18-19H,4-5H2,1-3H3. The largest absolute Gasteiger partial charge is 0.394 e. The zero-order valence-electron chi connectivity index (χ0n) is 12.5. The molecule has 105 valence electrons. The van der Waals surface area contributed by atoms with Gasteiger partial charge in [-0.2, -0.15) is 0 Å². The maximum atomic E-state index is 3.59. The number of nitrogens with one attached hydrogen (secondary N) is 2. The Hall–Kier alpha value is -1.74. The Morgan fingerprint density at radius 3 is 1.65 bits per heavy atom. The third-order valence-corrected chi connectivity index (χ3v) is 4.66. The Morgan fingerprint density at radius 1 is 0.800 bits per heavy atom. The van der Waals surface area contributed by atoms with Gasteiger partial charge in [0.1, 0.15) is 0 Å². The molecule has 2 aromatic carbocycles. The summed E-state index contributed by atoms with van der Waals surface area (Å²) in [4.78, 5) is 7.19. The molecule has 0 amide bonds. The van der Waals surface area contributed by atoms with Crippen molar-refractivity contribution in [1.82, 2.24) is 0 Å². The molecule has 0 saturated carbocycles. The maximum absolute atomic E-state index is 3.59. The lowest BCUT2D eigenvalue weighted by Gasteiger charge is -2.16. The van der Waals surface area contributed by atoms with Crippen molar-refractivity contribution in [2.45, 2.75) is 33.2 Å². The molecule has 1 radical (unpaired) electrons. The van der Waals surface area contributed by atoms with Gasteiger partial charge in [-0.05, 0) is 54.8 Å². The summed E-state index contributed by atoms with van der Waals surface area (Å²) in [5.74, 6) is 0. The van der Waals surface area contributed by atoms with E-state index in [-0.39, 0.29) is 0 Å². The van der Waals surface area contributed by atoms with Crippen LogP contribution in [0, 0.1) is 0 Å². The zero-order valence-corrected chi connectivity index (χ0v) is 13.5. The molecule has 2 nitrogen and oxygen atoms in total. The van der Waals surface area contributed by atoms with Gasteiger partial charge in [-0.15, -0.1) is 0 Å². The van der Waals surface area contributed by atoms with Crippen LogP contribution in [0.15, 0.2) is 48.5 Å². The molecular weight excluding hydrogens is 260 g/mol. The van der Waals surface area contributed by atoms with E-state index in [1.165, 1.54) is 22.5 Å². The second kappa shape index (κ2) is 7.15. The third-order valence-electron chi connectivity index (χ3n) is 3.33. The summed E-state index contributed by atoms with van der Waals surface area (Å²) < 4.78 is 0. The van der Waals surface area contributed by atoms with E-state index in [9.17, 15) is 0 Å². The van der Waals surface area contributed by atoms with Crippen LogP contribution in [0.3, 0.4) is 0 Å². The van der Waals surface area contributed by atoms with Crippen LogP contribution in [0.2, 0.25) is 6.55 Å². The lowest BCUT2D eigenvalue weighted by atomic mass is 10.1. The fourth-order valence-corrected chi connectivity index (χ4v) is 3.44. The molecule has 0 aliphatic heterocycles. The Morgan fingerprint density at radius 2 is 1.25 bits per heavy atom. The van der Waals surface area contributed by atoms with Gasteiger partial charge in [-0.1, -0.05) is 38.1 Å². The quantitative estimate of drug-likeness (QED) is 0.765. The van der Waals surface area contributed by atoms with Gasteiger partial charge in [-0.3, -0.25) is 0 Å². The molecule has 0 saturated heterocycles. The second-order valence-electron chi connectivity index (χ2n) is 4.98. The Balaban J connectivity index is 1.99. The predicted octanol–water partition coefficient (Wildman–Crippen LogP) is 4.45. The molecule has 2 N–H and O–H groups in total. The SMILES string of the molecule is CCc1cccc(N[Si](C)Nc2cccc(CC)c2)c1. The summed E-state index contributed by atoms with van der Waals surface area (Å²) >= 11 is 0. The van der Waals surface area contributed by atoms with Crippen LogP contribution in [0.1, 0.15) is 25.0 Å². The summed E-state index contributed by atoms with van der Waals surface area (Å²) in [5, 5.41) is 0. The van der Waals surface area contributed by atoms with Gasteiger partial charge < -0.3 is 9.96 Å². The first kappa shape index (κ1) is 14.7. The molecule has 0 fully saturated rings. The maximum Gasteiger partial charge on any atom is 0.289 e. The van der Waals surface area contributed by atoms with Gasteiger partial charge in [-0.25, -0.2) is 0 Å². The molecule has 0 atom stereocenters. The number of anilines is 2. The van der Waals surface area contributed by atoms with E-state index in [1.54, 1.807) is 0 Å². The van der Waals surface area contributed by atoms with E-state index in [0.29, 0.717) is 0 Å². The lowest BCUT2D eigenvalue weighted by Crippen LogP contribution is -2.30. The molecule has 2 rings (SSSR count). The van der Waals surface area contributed by atoms with E-state index in [1.807, 2.05) is 0 Å². The van der Waals surface area contributed by atoms with Crippen LogP contribution in [0.5, 0.6) is 0 Å². The smallest absolute Gasteiger partial charge is 0.289 e. The molecule has 0 heterocycles. The van der Waals surface area contributed by atoms with Crippen molar-refractivity contribution in [3.63, 3.8) is 0 Å². The second-order valence-corrected chi connectivity index (χ2v) is 6.73. The highest BCUT2D eigenvalue weighted by Crippen LogP contribution is 2.14. The first-order valence-corrected chi connectivity index (χ1v) is 9.26. The van der Waals surface area contributed by atoms with Gasteiger partial charge in [0.05, 0.1) is 0 Å². The molecule has 0 aromatic heterocycles. The molecule has 0 aliphatic rings. The highest BCUT2D eigenvalue weighted by Gasteiger charge is 2.06. The van der Waals surface area contributed by atoms with E-state index in [2.05, 4.69) is 78.9 Å². The van der Waals surface area contributed by atoms with Gasteiger partial charge in [0.25, 0.3) is 9.12 Å². The molecule has 0 bridgehead atoms. The molecule has 3 heteroatoms. The monoisotopic (exact) mass is 283 g/mol. The van der Waals surface area contributed by atoms with Crippen molar-refractivity contribution in [3.8, 4) is 0 Å². The van der Waals surface area contributed by atoms with Crippen LogP contribution >= 0.6 is 0 Å². The highest BCUT2D eigenvalue weighted by molar-refractivity contribution is 6.64. The normalized spacial score (nSPS) is 10.6. The lowest BCUT2D eigenvalue weighted by molar-refractivity contribution is 1.14. The molecule has 20 heavy (non-hydrogen) atoms. The number of hydrogen-bond acceptors (Lipinski definition) is 2. The van der Waals surface area contributed by atoms with Crippen molar-refractivity contribution in [3.05, 3.63) is 59.7 Å². The first-order valence-electron chi connectivity index (χ1n) is 7.26. The van der Waals surface area contributed by atoms with Crippen LogP contribution in [-0.4, -0.2) is 9.12 Å². The Bertz CT molecular complexity index is 505. The highest BCUT2D eigenvalue weighted by atomic mass is 28.3. The minimum absolute atomic E-state index is 0.843. The Labute approximate surface area is 124 Å². The van der Waals surface area contributed by atoms with Crippen LogP contribution in [0.25, 0.3) is 0 Å². The van der Waals surface area contributed by atoms with Crippen molar-refractivity contribution in [1.29, 1.82) is 0 Å². The average molecular weight is 283 g/mol. The fourth-order valence-electron chi connectivity index (χ4n) is 2.20. The summed E-state index contributed by atoms with van der Waals surface area (Å²) in [7, 11) is -0.843. The van der Waals surface area contributed by atoms with Crippen molar-refractivity contribution in [2.75, 3.05) is 9.96 Å². The summed E-state index contributed by atoms with van der Waals surface area (Å²) in [6.45, 7) is 6.61. The van der Waals surface area contributed by atoms with E-state index < -0.39 is 9.12 Å². The third kappa shape index (κ3) is 4.13. The molecule has 0 unspecified atom stereocenters. The number of aryl methyl sites for hydroxylation is 2. The van der Waals surface area contributed by atoms with Gasteiger partial charge in [0.15, 0.2) is 0 Å². The average Bonchev–Trinajstić information content (AvgIpc) is 2.47. The summed E-state index contributed by atoms with van der Waals surface area (Å²) in [6, 6.07) is 17.3. The molecule has 0 spiro atoms. The van der Waals surface area contributed by atoms with Crippen LogP contribution in [0.4, 0.5) is 11.4 Å². The van der Waals surface area contributed by atoms with Gasteiger partial charge in [0.2, 0.25) is 0 Å². The predicted molar refractivity (Wildman–Crippen MR) is 90.5 cm³/mol. The number of rotatable bonds is 6. The van der Waals surface area contributed by atoms with E-state index >= 15 is 0 Å². The van der Waals surface area contributed by atoms with E-state index in [0.717, 1.165) is 12.8 Å². The van der Waals surface area contributed by atoms with Crippen molar-refractivity contribution >= 4 is 20.5 Å². The van der Waals surface area contributed by atoms with Gasteiger partial charge >= 0.3 is 0 Å².